The van der Waals surface area contributed by atoms with E-state index < -0.39 is 0 Å². The van der Waals surface area contributed by atoms with Crippen LogP contribution in [0.25, 0.3) is 0 Å². The molecule has 3 heteroatoms. The molecule has 1 N–H and O–H groups in total. The van der Waals surface area contributed by atoms with Gasteiger partial charge < -0.3 is 5.11 Å². The van der Waals surface area contributed by atoms with Crippen LogP contribution < -0.4 is 0 Å². The van der Waals surface area contributed by atoms with Crippen LogP contribution in [0.2, 0.25) is 0 Å². The van der Waals surface area contributed by atoms with Crippen LogP contribution in [-0.2, 0) is 6.42 Å². The third-order valence-corrected chi connectivity index (χ3v) is 2.30. The van der Waals surface area contributed by atoms with Gasteiger partial charge >= 0.3 is 0 Å². The summed E-state index contributed by atoms with van der Waals surface area (Å²) in [6.45, 7) is 10.3. The number of hydrogen-bond acceptors (Lipinski definition) is 2. The van der Waals surface area contributed by atoms with Crippen LogP contribution in [-0.4, -0.2) is 14.9 Å². The van der Waals surface area contributed by atoms with Gasteiger partial charge in [0.05, 0.1) is 11.7 Å². The lowest BCUT2D eigenvalue weighted by molar-refractivity contribution is 0.374. The van der Waals surface area contributed by atoms with Crippen LogP contribution in [0.3, 0.4) is 0 Å². The van der Waals surface area contributed by atoms with Crippen LogP contribution >= 0.6 is 0 Å². The molecule has 1 aromatic rings. The van der Waals surface area contributed by atoms with Gasteiger partial charge in [-0.15, -0.1) is 0 Å². The van der Waals surface area contributed by atoms with Crippen molar-refractivity contribution >= 4 is 0 Å². The minimum absolute atomic E-state index is 0.217. The molecule has 0 unspecified atom stereocenters. The monoisotopic (exact) mass is 196 g/mol. The fourth-order valence-electron chi connectivity index (χ4n) is 1.49. The molecule has 0 radical (unpaired) electrons. The molecule has 3 nitrogen and oxygen atoms in total. The highest BCUT2D eigenvalue weighted by molar-refractivity contribution is 5.29. The maximum Gasteiger partial charge on any atom is 0.212 e. The normalized spacial score (nSPS) is 11.6. The van der Waals surface area contributed by atoms with Crippen LogP contribution in [0.4, 0.5) is 0 Å². The lowest BCUT2D eigenvalue weighted by atomic mass is 10.1. The molecule has 1 heterocycles. The van der Waals surface area contributed by atoms with Gasteiger partial charge in [-0.3, -0.25) is 0 Å². The van der Waals surface area contributed by atoms with E-state index in [9.17, 15) is 5.11 Å². The van der Waals surface area contributed by atoms with Gasteiger partial charge in [0, 0.05) is 5.56 Å². The van der Waals surface area contributed by atoms with Crippen molar-refractivity contribution in [2.75, 3.05) is 0 Å². The van der Waals surface area contributed by atoms with E-state index in [0.717, 1.165) is 17.7 Å². The Labute approximate surface area is 85.8 Å². The Morgan fingerprint density at radius 1 is 1.29 bits per heavy atom. The maximum atomic E-state index is 9.80. The molecule has 0 aliphatic heterocycles. The van der Waals surface area contributed by atoms with Gasteiger partial charge in [0.25, 0.3) is 0 Å². The average Bonchev–Trinajstić information content (AvgIpc) is 2.32. The van der Waals surface area contributed by atoms with Gasteiger partial charge in [0.2, 0.25) is 5.88 Å². The molecule has 0 saturated heterocycles. The number of hydrogen-bond donors (Lipinski definition) is 1. The molecule has 0 saturated carbocycles. The molecule has 1 rings (SSSR count). The van der Waals surface area contributed by atoms with E-state index in [1.54, 1.807) is 4.68 Å². The van der Waals surface area contributed by atoms with Crippen LogP contribution in [0, 0.1) is 12.8 Å². The first-order chi connectivity index (χ1) is 6.43. The SMILES string of the molecule is Cc1c(CC(C)C)nn(C(C)C)c1O. The highest BCUT2D eigenvalue weighted by atomic mass is 16.3. The molecule has 0 aromatic carbocycles. The van der Waals surface area contributed by atoms with E-state index in [4.69, 9.17) is 0 Å². The van der Waals surface area contributed by atoms with Gasteiger partial charge in [-0.25, -0.2) is 4.68 Å². The minimum atomic E-state index is 0.217. The standard InChI is InChI=1S/C11H20N2O/c1-7(2)6-10-9(5)11(14)13(12-10)8(3)4/h7-8,14H,6H2,1-5H3. The summed E-state index contributed by atoms with van der Waals surface area (Å²) in [6, 6.07) is 0.217. The summed E-state index contributed by atoms with van der Waals surface area (Å²) in [6.07, 6.45) is 0.930. The molecule has 0 aliphatic rings. The second-order valence-electron chi connectivity index (χ2n) is 4.53. The summed E-state index contributed by atoms with van der Waals surface area (Å²) in [5, 5.41) is 14.2. The Morgan fingerprint density at radius 2 is 1.86 bits per heavy atom. The van der Waals surface area contributed by atoms with Crippen LogP contribution in [0.15, 0.2) is 0 Å². The van der Waals surface area contributed by atoms with E-state index >= 15 is 0 Å². The summed E-state index contributed by atoms with van der Waals surface area (Å²) in [5.74, 6) is 0.888. The summed E-state index contributed by atoms with van der Waals surface area (Å²) in [5.41, 5.74) is 1.94. The lowest BCUT2D eigenvalue weighted by Gasteiger charge is -2.05. The predicted molar refractivity (Wildman–Crippen MR) is 57.6 cm³/mol. The second-order valence-corrected chi connectivity index (χ2v) is 4.53. The zero-order chi connectivity index (χ0) is 10.9. The van der Waals surface area contributed by atoms with Crippen molar-refractivity contribution in [1.29, 1.82) is 0 Å². The number of aromatic nitrogens is 2. The highest BCUT2D eigenvalue weighted by Gasteiger charge is 2.15. The zero-order valence-electron chi connectivity index (χ0n) is 9.70. The Hall–Kier alpha value is -0.990. The smallest absolute Gasteiger partial charge is 0.212 e. The molecule has 0 atom stereocenters. The van der Waals surface area contributed by atoms with Gasteiger partial charge in [-0.1, -0.05) is 13.8 Å². The van der Waals surface area contributed by atoms with Crippen LogP contribution in [0.5, 0.6) is 5.88 Å². The molecular formula is C11H20N2O. The zero-order valence-corrected chi connectivity index (χ0v) is 9.70. The quantitative estimate of drug-likeness (QED) is 0.807. The molecule has 0 bridgehead atoms. The van der Waals surface area contributed by atoms with E-state index in [0.29, 0.717) is 11.8 Å². The fraction of sp³-hybridized carbons (Fsp3) is 0.727. The molecule has 1 aromatic heterocycles. The molecule has 0 fully saturated rings. The van der Waals surface area contributed by atoms with Crippen LogP contribution in [0.1, 0.15) is 45.0 Å². The van der Waals surface area contributed by atoms with Crippen molar-refractivity contribution in [3.63, 3.8) is 0 Å². The summed E-state index contributed by atoms with van der Waals surface area (Å²) >= 11 is 0. The highest BCUT2D eigenvalue weighted by Crippen LogP contribution is 2.24. The predicted octanol–water partition coefficient (Wildman–Crippen LogP) is 2.68. The van der Waals surface area contributed by atoms with Crippen molar-refractivity contribution in [3.05, 3.63) is 11.3 Å². The average molecular weight is 196 g/mol. The van der Waals surface area contributed by atoms with E-state index in [2.05, 4.69) is 18.9 Å². The number of nitrogens with zero attached hydrogens (tertiary/aromatic N) is 2. The molecule has 14 heavy (non-hydrogen) atoms. The number of aromatic hydroxyl groups is 1. The Kier molecular flexibility index (Phi) is 3.19. The van der Waals surface area contributed by atoms with Gasteiger partial charge in [0.1, 0.15) is 0 Å². The first kappa shape index (κ1) is 11.1. The maximum absolute atomic E-state index is 9.80. The molecular weight excluding hydrogens is 176 g/mol. The minimum Gasteiger partial charge on any atom is -0.493 e. The van der Waals surface area contributed by atoms with Gasteiger partial charge in [-0.05, 0) is 33.1 Å². The summed E-state index contributed by atoms with van der Waals surface area (Å²) in [4.78, 5) is 0. The van der Waals surface area contributed by atoms with E-state index in [-0.39, 0.29) is 6.04 Å². The third-order valence-electron chi connectivity index (χ3n) is 2.30. The van der Waals surface area contributed by atoms with Crippen molar-refractivity contribution < 1.29 is 5.11 Å². The summed E-state index contributed by atoms with van der Waals surface area (Å²) in [7, 11) is 0. The van der Waals surface area contributed by atoms with Crippen molar-refractivity contribution in [2.45, 2.75) is 47.1 Å². The Morgan fingerprint density at radius 3 is 2.21 bits per heavy atom. The molecule has 0 aliphatic carbocycles. The number of rotatable bonds is 3. The Balaban J connectivity index is 3.02. The first-order valence-electron chi connectivity index (χ1n) is 5.20. The van der Waals surface area contributed by atoms with E-state index in [1.165, 1.54) is 0 Å². The van der Waals surface area contributed by atoms with Gasteiger partial charge in [-0.2, -0.15) is 5.10 Å². The lowest BCUT2D eigenvalue weighted by Crippen LogP contribution is -2.03. The fourth-order valence-corrected chi connectivity index (χ4v) is 1.49. The van der Waals surface area contributed by atoms with Gasteiger partial charge in [0.15, 0.2) is 0 Å². The molecule has 0 spiro atoms. The Bertz CT molecular complexity index is 313. The van der Waals surface area contributed by atoms with E-state index in [1.807, 2.05) is 20.8 Å². The largest absolute Gasteiger partial charge is 0.493 e. The van der Waals surface area contributed by atoms with Crippen molar-refractivity contribution in [2.24, 2.45) is 5.92 Å². The van der Waals surface area contributed by atoms with Crippen molar-refractivity contribution in [1.82, 2.24) is 9.78 Å². The molecule has 80 valence electrons. The molecule has 0 amide bonds. The summed E-state index contributed by atoms with van der Waals surface area (Å²) < 4.78 is 1.69. The third kappa shape index (κ3) is 2.08. The topological polar surface area (TPSA) is 38.0 Å². The second kappa shape index (κ2) is 4.03. The van der Waals surface area contributed by atoms with Crippen molar-refractivity contribution in [3.8, 4) is 5.88 Å². The first-order valence-corrected chi connectivity index (χ1v) is 5.20.